The molecule has 108 valence electrons. The van der Waals surface area contributed by atoms with Crippen molar-refractivity contribution in [3.05, 3.63) is 71.8 Å². The summed E-state index contributed by atoms with van der Waals surface area (Å²) in [5, 5.41) is 0. The largest absolute Gasteiger partial charge is 0.478 e. The second-order valence-corrected chi connectivity index (χ2v) is 6.18. The first-order chi connectivity index (χ1) is 10.1. The molecule has 0 atom stereocenters. The maximum Gasteiger partial charge on any atom is 0.184 e. The standard InChI is InChI=1S/C19H21NO/c1-19(2)14-21-18(20-19)13-17(15-9-5-3-6-10-15)16-11-7-4-8-12-16/h3-12,17H,13-14H2,1-2H3. The van der Waals surface area contributed by atoms with E-state index in [0.29, 0.717) is 12.5 Å². The van der Waals surface area contributed by atoms with Gasteiger partial charge >= 0.3 is 0 Å². The lowest BCUT2D eigenvalue weighted by atomic mass is 9.88. The molecule has 0 spiro atoms. The number of ether oxygens (including phenoxy) is 1. The zero-order valence-corrected chi connectivity index (χ0v) is 12.6. The van der Waals surface area contributed by atoms with Gasteiger partial charge in [-0.3, -0.25) is 0 Å². The van der Waals surface area contributed by atoms with E-state index in [1.807, 2.05) is 0 Å². The molecule has 0 aromatic heterocycles. The van der Waals surface area contributed by atoms with Gasteiger partial charge in [0.25, 0.3) is 0 Å². The summed E-state index contributed by atoms with van der Waals surface area (Å²) in [6.45, 7) is 4.90. The molecule has 1 aliphatic heterocycles. The molecular weight excluding hydrogens is 258 g/mol. The van der Waals surface area contributed by atoms with Crippen LogP contribution in [0.15, 0.2) is 65.7 Å². The average Bonchev–Trinajstić information content (AvgIpc) is 2.86. The van der Waals surface area contributed by atoms with Gasteiger partial charge in [-0.25, -0.2) is 4.99 Å². The van der Waals surface area contributed by atoms with E-state index in [-0.39, 0.29) is 5.54 Å². The first-order valence-corrected chi connectivity index (χ1v) is 7.45. The Labute approximate surface area is 126 Å². The van der Waals surface area contributed by atoms with Crippen LogP contribution in [0.1, 0.15) is 37.3 Å². The molecule has 21 heavy (non-hydrogen) atoms. The average molecular weight is 279 g/mol. The van der Waals surface area contributed by atoms with E-state index in [1.54, 1.807) is 0 Å². The molecule has 3 rings (SSSR count). The van der Waals surface area contributed by atoms with Gasteiger partial charge in [-0.2, -0.15) is 0 Å². The molecule has 2 aromatic carbocycles. The maximum absolute atomic E-state index is 5.79. The number of hydrogen-bond donors (Lipinski definition) is 0. The van der Waals surface area contributed by atoms with Crippen LogP contribution in [-0.4, -0.2) is 18.0 Å². The van der Waals surface area contributed by atoms with E-state index in [2.05, 4.69) is 74.5 Å². The first-order valence-electron chi connectivity index (χ1n) is 7.45. The molecule has 0 radical (unpaired) electrons. The topological polar surface area (TPSA) is 21.6 Å². The summed E-state index contributed by atoms with van der Waals surface area (Å²) in [4.78, 5) is 4.71. The van der Waals surface area contributed by atoms with Crippen molar-refractivity contribution in [3.8, 4) is 0 Å². The fourth-order valence-corrected chi connectivity index (χ4v) is 2.74. The summed E-state index contributed by atoms with van der Waals surface area (Å²) in [6, 6.07) is 21.2. The minimum Gasteiger partial charge on any atom is -0.478 e. The fraction of sp³-hybridized carbons (Fsp3) is 0.316. The lowest BCUT2D eigenvalue weighted by Crippen LogP contribution is -2.17. The number of rotatable bonds is 4. The molecule has 2 nitrogen and oxygen atoms in total. The summed E-state index contributed by atoms with van der Waals surface area (Å²) in [7, 11) is 0. The molecule has 0 saturated carbocycles. The van der Waals surface area contributed by atoms with Crippen LogP contribution in [0.25, 0.3) is 0 Å². The molecule has 0 saturated heterocycles. The minimum absolute atomic E-state index is 0.0900. The Morgan fingerprint density at radius 3 is 1.90 bits per heavy atom. The molecule has 0 fully saturated rings. The van der Waals surface area contributed by atoms with Gasteiger partial charge in [-0.15, -0.1) is 0 Å². The summed E-state index contributed by atoms with van der Waals surface area (Å²) < 4.78 is 5.79. The Kier molecular flexibility index (Phi) is 3.78. The third-order valence-corrected chi connectivity index (χ3v) is 3.80. The van der Waals surface area contributed by atoms with Gasteiger partial charge in [0.2, 0.25) is 0 Å². The first kappa shape index (κ1) is 13.9. The van der Waals surface area contributed by atoms with Crippen LogP contribution in [-0.2, 0) is 4.74 Å². The van der Waals surface area contributed by atoms with Crippen molar-refractivity contribution in [2.75, 3.05) is 6.61 Å². The Morgan fingerprint density at radius 1 is 0.952 bits per heavy atom. The van der Waals surface area contributed by atoms with E-state index in [1.165, 1.54) is 11.1 Å². The smallest absolute Gasteiger partial charge is 0.184 e. The maximum atomic E-state index is 5.79. The SMILES string of the molecule is CC1(C)COC(CC(c2ccccc2)c2ccccc2)=N1. The lowest BCUT2D eigenvalue weighted by Gasteiger charge is -2.17. The van der Waals surface area contributed by atoms with Crippen LogP contribution >= 0.6 is 0 Å². The third kappa shape index (κ3) is 3.33. The summed E-state index contributed by atoms with van der Waals surface area (Å²) >= 11 is 0. The fourth-order valence-electron chi connectivity index (χ4n) is 2.74. The van der Waals surface area contributed by atoms with Crippen LogP contribution in [0.2, 0.25) is 0 Å². The van der Waals surface area contributed by atoms with Gasteiger partial charge in [0.05, 0.1) is 5.54 Å². The van der Waals surface area contributed by atoms with E-state index in [9.17, 15) is 0 Å². The predicted octanol–water partition coefficient (Wildman–Crippen LogP) is 4.42. The zero-order chi connectivity index (χ0) is 14.7. The molecule has 0 aliphatic carbocycles. The van der Waals surface area contributed by atoms with Crippen molar-refractivity contribution in [2.45, 2.75) is 31.7 Å². The van der Waals surface area contributed by atoms with Crippen molar-refractivity contribution in [2.24, 2.45) is 4.99 Å². The highest BCUT2D eigenvalue weighted by atomic mass is 16.5. The number of benzene rings is 2. The minimum atomic E-state index is -0.0900. The second-order valence-electron chi connectivity index (χ2n) is 6.18. The van der Waals surface area contributed by atoms with Crippen molar-refractivity contribution < 1.29 is 4.74 Å². The van der Waals surface area contributed by atoms with Gasteiger partial charge in [0.15, 0.2) is 5.90 Å². The Morgan fingerprint density at radius 2 is 1.48 bits per heavy atom. The molecule has 0 bridgehead atoms. The molecule has 1 heterocycles. The van der Waals surface area contributed by atoms with Crippen molar-refractivity contribution in [3.63, 3.8) is 0 Å². The Balaban J connectivity index is 1.91. The Bertz CT molecular complexity index is 577. The van der Waals surface area contributed by atoms with Gasteiger partial charge in [0.1, 0.15) is 6.61 Å². The van der Waals surface area contributed by atoms with E-state index in [4.69, 9.17) is 9.73 Å². The number of nitrogens with zero attached hydrogens (tertiary/aromatic N) is 1. The van der Waals surface area contributed by atoms with Crippen LogP contribution < -0.4 is 0 Å². The molecule has 0 amide bonds. The van der Waals surface area contributed by atoms with E-state index < -0.39 is 0 Å². The van der Waals surface area contributed by atoms with Crippen LogP contribution in [0.5, 0.6) is 0 Å². The van der Waals surface area contributed by atoms with E-state index in [0.717, 1.165) is 12.3 Å². The normalized spacial score (nSPS) is 16.6. The lowest BCUT2D eigenvalue weighted by molar-refractivity contribution is 0.273. The van der Waals surface area contributed by atoms with Crippen LogP contribution in [0, 0.1) is 0 Å². The highest BCUT2D eigenvalue weighted by Gasteiger charge is 2.28. The summed E-state index contributed by atoms with van der Waals surface area (Å²) in [5.74, 6) is 1.16. The molecule has 1 aliphatic rings. The van der Waals surface area contributed by atoms with Crippen LogP contribution in [0.4, 0.5) is 0 Å². The van der Waals surface area contributed by atoms with Crippen molar-refractivity contribution in [1.82, 2.24) is 0 Å². The van der Waals surface area contributed by atoms with E-state index >= 15 is 0 Å². The molecular formula is C19H21NO. The zero-order valence-electron chi connectivity index (χ0n) is 12.6. The van der Waals surface area contributed by atoms with Gasteiger partial charge in [-0.1, -0.05) is 60.7 Å². The summed E-state index contributed by atoms with van der Waals surface area (Å²) in [5.41, 5.74) is 2.52. The van der Waals surface area contributed by atoms with Crippen LogP contribution in [0.3, 0.4) is 0 Å². The molecule has 0 N–H and O–H groups in total. The molecule has 2 aromatic rings. The van der Waals surface area contributed by atoms with Crippen molar-refractivity contribution >= 4 is 5.90 Å². The predicted molar refractivity (Wildman–Crippen MR) is 86.8 cm³/mol. The number of aliphatic imine (C=N–C) groups is 1. The molecule has 0 unspecified atom stereocenters. The van der Waals surface area contributed by atoms with Gasteiger partial charge in [-0.05, 0) is 25.0 Å². The third-order valence-electron chi connectivity index (χ3n) is 3.80. The molecule has 2 heteroatoms. The van der Waals surface area contributed by atoms with Gasteiger partial charge < -0.3 is 4.74 Å². The highest BCUT2D eigenvalue weighted by Crippen LogP contribution is 2.30. The monoisotopic (exact) mass is 279 g/mol. The summed E-state index contributed by atoms with van der Waals surface area (Å²) in [6.07, 6.45) is 0.817. The number of hydrogen-bond acceptors (Lipinski definition) is 2. The Hall–Kier alpha value is -2.09. The van der Waals surface area contributed by atoms with Crippen molar-refractivity contribution in [1.29, 1.82) is 0 Å². The second kappa shape index (κ2) is 5.72. The quantitative estimate of drug-likeness (QED) is 0.812. The highest BCUT2D eigenvalue weighted by molar-refractivity contribution is 5.79. The van der Waals surface area contributed by atoms with Gasteiger partial charge in [0, 0.05) is 12.3 Å².